The van der Waals surface area contributed by atoms with Gasteiger partial charge in [-0.3, -0.25) is 4.79 Å². The molecule has 0 aliphatic rings. The van der Waals surface area contributed by atoms with Gasteiger partial charge in [0, 0.05) is 6.54 Å². The molecule has 134 valence electrons. The Hall–Kier alpha value is -3.22. The lowest BCUT2D eigenvalue weighted by molar-refractivity contribution is -0.121. The fraction of sp³-hybridized carbons (Fsp3) is 0.211. The Bertz CT molecular complexity index is 852. The maximum absolute atomic E-state index is 13.5. The molecule has 0 bridgehead atoms. The van der Waals surface area contributed by atoms with Crippen LogP contribution < -0.4 is 10.1 Å². The lowest BCUT2D eigenvalue weighted by Gasteiger charge is -2.05. The zero-order valence-corrected chi connectivity index (χ0v) is 14.1. The number of para-hydroxylation sites is 1. The third-order valence-corrected chi connectivity index (χ3v) is 3.68. The van der Waals surface area contributed by atoms with Crippen LogP contribution in [0.3, 0.4) is 0 Å². The Morgan fingerprint density at radius 1 is 1.12 bits per heavy atom. The summed E-state index contributed by atoms with van der Waals surface area (Å²) >= 11 is 0. The molecule has 0 unspecified atom stereocenters. The molecular formula is C19H19FN4O2. The van der Waals surface area contributed by atoms with Gasteiger partial charge in [-0.2, -0.15) is 0 Å². The second-order valence-electron chi connectivity index (χ2n) is 5.71. The van der Waals surface area contributed by atoms with E-state index in [9.17, 15) is 9.18 Å². The van der Waals surface area contributed by atoms with Gasteiger partial charge >= 0.3 is 0 Å². The summed E-state index contributed by atoms with van der Waals surface area (Å²) in [6, 6.07) is 16.1. The molecule has 26 heavy (non-hydrogen) atoms. The van der Waals surface area contributed by atoms with Crippen LogP contribution in [0.25, 0.3) is 0 Å². The van der Waals surface area contributed by atoms with Crippen molar-refractivity contribution in [1.29, 1.82) is 0 Å². The summed E-state index contributed by atoms with van der Waals surface area (Å²) in [7, 11) is 0. The number of benzene rings is 2. The number of ether oxygens (including phenoxy) is 1. The Labute approximate surface area is 150 Å². The predicted octanol–water partition coefficient (Wildman–Crippen LogP) is 2.36. The van der Waals surface area contributed by atoms with Crippen molar-refractivity contribution in [3.05, 3.63) is 77.9 Å². The SMILES string of the molecule is O=C(Cn1cc(COc2ccccc2F)nn1)NCCc1ccccc1. The van der Waals surface area contributed by atoms with E-state index < -0.39 is 5.82 Å². The van der Waals surface area contributed by atoms with Gasteiger partial charge in [-0.25, -0.2) is 9.07 Å². The minimum atomic E-state index is -0.433. The summed E-state index contributed by atoms with van der Waals surface area (Å²) in [4.78, 5) is 12.0. The Morgan fingerprint density at radius 2 is 1.88 bits per heavy atom. The lowest BCUT2D eigenvalue weighted by Crippen LogP contribution is -2.29. The number of hydrogen-bond acceptors (Lipinski definition) is 4. The first-order valence-electron chi connectivity index (χ1n) is 8.27. The van der Waals surface area contributed by atoms with Gasteiger partial charge in [-0.15, -0.1) is 5.10 Å². The normalized spacial score (nSPS) is 10.5. The van der Waals surface area contributed by atoms with Crippen LogP contribution in [-0.2, 0) is 24.4 Å². The van der Waals surface area contributed by atoms with Crippen LogP contribution in [0.5, 0.6) is 5.75 Å². The number of nitrogens with one attached hydrogen (secondary N) is 1. The van der Waals surface area contributed by atoms with E-state index in [4.69, 9.17) is 4.74 Å². The highest BCUT2D eigenvalue weighted by atomic mass is 19.1. The van der Waals surface area contributed by atoms with Gasteiger partial charge in [0.25, 0.3) is 0 Å². The Balaban J connectivity index is 1.43. The summed E-state index contributed by atoms with van der Waals surface area (Å²) < 4.78 is 20.3. The van der Waals surface area contributed by atoms with Crippen LogP contribution in [0.15, 0.2) is 60.8 Å². The van der Waals surface area contributed by atoms with E-state index in [0.717, 1.165) is 6.42 Å². The number of carbonyl (C=O) groups excluding carboxylic acids is 1. The largest absolute Gasteiger partial charge is 0.484 e. The molecule has 2 aromatic carbocycles. The highest BCUT2D eigenvalue weighted by Gasteiger charge is 2.08. The summed E-state index contributed by atoms with van der Waals surface area (Å²) in [5.74, 6) is -0.425. The molecule has 6 nitrogen and oxygen atoms in total. The smallest absolute Gasteiger partial charge is 0.241 e. The van der Waals surface area contributed by atoms with E-state index in [-0.39, 0.29) is 24.8 Å². The fourth-order valence-electron chi connectivity index (χ4n) is 2.39. The van der Waals surface area contributed by atoms with Crippen molar-refractivity contribution in [2.45, 2.75) is 19.6 Å². The van der Waals surface area contributed by atoms with Crippen molar-refractivity contribution in [3.63, 3.8) is 0 Å². The van der Waals surface area contributed by atoms with E-state index in [1.165, 1.54) is 16.3 Å². The maximum Gasteiger partial charge on any atom is 0.241 e. The highest BCUT2D eigenvalue weighted by Crippen LogP contribution is 2.16. The van der Waals surface area contributed by atoms with Crippen molar-refractivity contribution in [2.24, 2.45) is 0 Å². The van der Waals surface area contributed by atoms with E-state index in [2.05, 4.69) is 15.6 Å². The molecule has 7 heteroatoms. The molecular weight excluding hydrogens is 335 g/mol. The average molecular weight is 354 g/mol. The Morgan fingerprint density at radius 3 is 2.69 bits per heavy atom. The molecule has 1 amide bonds. The molecule has 0 fully saturated rings. The van der Waals surface area contributed by atoms with Gasteiger partial charge < -0.3 is 10.1 Å². The first kappa shape index (κ1) is 17.6. The van der Waals surface area contributed by atoms with Gasteiger partial charge in [-0.1, -0.05) is 47.7 Å². The number of aromatic nitrogens is 3. The molecule has 1 N–H and O–H groups in total. The molecule has 3 aromatic rings. The molecule has 0 radical (unpaired) electrons. The summed E-state index contributed by atoms with van der Waals surface area (Å²) in [5, 5.41) is 10.7. The molecule has 1 aromatic heterocycles. The summed E-state index contributed by atoms with van der Waals surface area (Å²) in [5.41, 5.74) is 1.69. The van der Waals surface area contributed by atoms with E-state index in [1.54, 1.807) is 24.4 Å². The van der Waals surface area contributed by atoms with Gasteiger partial charge in [0.2, 0.25) is 5.91 Å². The van der Waals surface area contributed by atoms with Crippen LogP contribution in [0.2, 0.25) is 0 Å². The third kappa shape index (κ3) is 5.14. The van der Waals surface area contributed by atoms with Crippen LogP contribution >= 0.6 is 0 Å². The summed E-state index contributed by atoms with van der Waals surface area (Å²) in [6.45, 7) is 0.707. The first-order chi connectivity index (χ1) is 12.7. The van der Waals surface area contributed by atoms with Crippen LogP contribution in [0, 0.1) is 5.82 Å². The molecule has 0 saturated heterocycles. The fourth-order valence-corrected chi connectivity index (χ4v) is 2.39. The van der Waals surface area contributed by atoms with Gasteiger partial charge in [0.05, 0.1) is 6.20 Å². The predicted molar refractivity (Wildman–Crippen MR) is 93.9 cm³/mol. The van der Waals surface area contributed by atoms with E-state index in [0.29, 0.717) is 12.2 Å². The van der Waals surface area contributed by atoms with E-state index >= 15 is 0 Å². The number of carbonyl (C=O) groups is 1. The minimum absolute atomic E-state index is 0.0709. The standard InChI is InChI=1S/C19H19FN4O2/c20-17-8-4-5-9-18(17)26-14-16-12-24(23-22-16)13-19(25)21-11-10-15-6-2-1-3-7-15/h1-9,12H,10-11,13-14H2,(H,21,25). The maximum atomic E-state index is 13.5. The molecule has 0 atom stereocenters. The molecule has 3 rings (SSSR count). The van der Waals surface area contributed by atoms with Crippen molar-refractivity contribution in [3.8, 4) is 5.75 Å². The highest BCUT2D eigenvalue weighted by molar-refractivity contribution is 5.75. The van der Waals surface area contributed by atoms with Crippen molar-refractivity contribution >= 4 is 5.91 Å². The molecule has 0 spiro atoms. The van der Waals surface area contributed by atoms with Crippen LogP contribution in [0.4, 0.5) is 4.39 Å². The average Bonchev–Trinajstić information content (AvgIpc) is 3.09. The first-order valence-corrected chi connectivity index (χ1v) is 8.27. The van der Waals surface area contributed by atoms with Gasteiger partial charge in [-0.05, 0) is 24.1 Å². The zero-order valence-electron chi connectivity index (χ0n) is 14.1. The Kier molecular flexibility index (Phi) is 5.92. The summed E-state index contributed by atoms with van der Waals surface area (Å²) in [6.07, 6.45) is 2.38. The number of hydrogen-bond donors (Lipinski definition) is 1. The number of rotatable bonds is 8. The van der Waals surface area contributed by atoms with E-state index in [1.807, 2.05) is 30.3 Å². The number of amides is 1. The van der Waals surface area contributed by atoms with Crippen molar-refractivity contribution in [1.82, 2.24) is 20.3 Å². The van der Waals surface area contributed by atoms with Crippen molar-refractivity contribution < 1.29 is 13.9 Å². The number of halogens is 1. The van der Waals surface area contributed by atoms with Crippen LogP contribution in [0.1, 0.15) is 11.3 Å². The topological polar surface area (TPSA) is 69.0 Å². The number of nitrogens with zero attached hydrogens (tertiary/aromatic N) is 3. The van der Waals surface area contributed by atoms with Gasteiger partial charge in [0.15, 0.2) is 11.6 Å². The van der Waals surface area contributed by atoms with Crippen molar-refractivity contribution in [2.75, 3.05) is 6.54 Å². The molecule has 1 heterocycles. The second kappa shape index (κ2) is 8.75. The quantitative estimate of drug-likeness (QED) is 0.674. The third-order valence-electron chi connectivity index (χ3n) is 3.68. The zero-order chi connectivity index (χ0) is 18.2. The molecule has 0 aliphatic heterocycles. The monoisotopic (exact) mass is 354 g/mol. The lowest BCUT2D eigenvalue weighted by atomic mass is 10.1. The second-order valence-corrected chi connectivity index (χ2v) is 5.71. The molecule has 0 saturated carbocycles. The van der Waals surface area contributed by atoms with Crippen LogP contribution in [-0.4, -0.2) is 27.4 Å². The molecule has 0 aliphatic carbocycles. The minimum Gasteiger partial charge on any atom is -0.484 e. The van der Waals surface area contributed by atoms with Gasteiger partial charge in [0.1, 0.15) is 18.8 Å².